The van der Waals surface area contributed by atoms with Crippen molar-refractivity contribution in [2.24, 2.45) is 5.41 Å². The first kappa shape index (κ1) is 12.7. The molecule has 1 aliphatic heterocycles. The summed E-state index contributed by atoms with van der Waals surface area (Å²) in [5.74, 6) is 0. The fourth-order valence-corrected chi connectivity index (χ4v) is 2.73. The summed E-state index contributed by atoms with van der Waals surface area (Å²) in [7, 11) is 0. The Labute approximate surface area is 103 Å². The van der Waals surface area contributed by atoms with Crippen molar-refractivity contribution < 1.29 is 9.53 Å². The van der Waals surface area contributed by atoms with E-state index in [0.717, 1.165) is 32.4 Å². The number of hydrogen-bond acceptors (Lipinski definition) is 3. The van der Waals surface area contributed by atoms with Crippen molar-refractivity contribution in [1.82, 2.24) is 10.6 Å². The number of hydrogen-bond donors (Lipinski definition) is 2. The van der Waals surface area contributed by atoms with E-state index in [0.29, 0.717) is 0 Å². The number of alkyl carbamates (subject to hydrolysis) is 1. The zero-order valence-corrected chi connectivity index (χ0v) is 11.4. The monoisotopic (exact) mass is 240 g/mol. The second kappa shape index (κ2) is 3.87. The largest absolute Gasteiger partial charge is 0.444 e. The molecule has 0 aromatic rings. The van der Waals surface area contributed by atoms with Gasteiger partial charge in [-0.3, -0.25) is 0 Å². The lowest BCUT2D eigenvalue weighted by Crippen LogP contribution is -2.51. The van der Waals surface area contributed by atoms with Crippen molar-refractivity contribution in [3.8, 4) is 0 Å². The Morgan fingerprint density at radius 3 is 2.35 bits per heavy atom. The second-order valence-corrected chi connectivity index (χ2v) is 6.70. The van der Waals surface area contributed by atoms with Gasteiger partial charge in [0, 0.05) is 12.0 Å². The van der Waals surface area contributed by atoms with E-state index in [9.17, 15) is 4.79 Å². The third-order valence-corrected chi connectivity index (χ3v) is 4.01. The highest BCUT2D eigenvalue weighted by Gasteiger charge is 2.58. The third-order valence-electron chi connectivity index (χ3n) is 4.01. The summed E-state index contributed by atoms with van der Waals surface area (Å²) in [5, 5.41) is 6.49. The summed E-state index contributed by atoms with van der Waals surface area (Å²) in [6.45, 7) is 9.98. The Morgan fingerprint density at radius 1 is 1.29 bits per heavy atom. The molecule has 2 fully saturated rings. The van der Waals surface area contributed by atoms with Crippen LogP contribution in [-0.2, 0) is 4.74 Å². The number of carbonyl (C=O) groups is 1. The van der Waals surface area contributed by atoms with Gasteiger partial charge >= 0.3 is 6.09 Å². The van der Waals surface area contributed by atoms with Gasteiger partial charge in [0.05, 0.1) is 5.54 Å². The zero-order chi connectivity index (χ0) is 12.7. The van der Waals surface area contributed by atoms with Crippen LogP contribution in [0.4, 0.5) is 4.79 Å². The van der Waals surface area contributed by atoms with Gasteiger partial charge in [-0.15, -0.1) is 0 Å². The Morgan fingerprint density at radius 2 is 1.94 bits per heavy atom. The van der Waals surface area contributed by atoms with Gasteiger partial charge in [-0.2, -0.15) is 0 Å². The molecule has 2 rings (SSSR count). The molecule has 1 atom stereocenters. The van der Waals surface area contributed by atoms with Gasteiger partial charge in [-0.05, 0) is 46.6 Å². The molecule has 0 bridgehead atoms. The summed E-state index contributed by atoms with van der Waals surface area (Å²) in [4.78, 5) is 11.9. The van der Waals surface area contributed by atoms with Crippen LogP contribution in [0.2, 0.25) is 0 Å². The molecule has 2 N–H and O–H groups in total. The number of amides is 1. The molecule has 0 spiro atoms. The van der Waals surface area contributed by atoms with E-state index in [1.807, 2.05) is 20.8 Å². The van der Waals surface area contributed by atoms with E-state index in [2.05, 4.69) is 17.6 Å². The number of ether oxygens (including phenoxy) is 1. The third kappa shape index (κ3) is 2.57. The van der Waals surface area contributed by atoms with Gasteiger partial charge in [0.1, 0.15) is 5.60 Å². The van der Waals surface area contributed by atoms with Crippen LogP contribution in [0.1, 0.15) is 47.0 Å². The fraction of sp³-hybridized carbons (Fsp3) is 0.923. The quantitative estimate of drug-likeness (QED) is 0.776. The topological polar surface area (TPSA) is 50.4 Å². The number of rotatable bonds is 2. The first-order chi connectivity index (χ1) is 7.77. The fourth-order valence-electron chi connectivity index (χ4n) is 2.73. The van der Waals surface area contributed by atoms with Crippen LogP contribution in [0, 0.1) is 5.41 Å². The molecule has 1 amide bonds. The smallest absolute Gasteiger partial charge is 0.408 e. The Kier molecular flexibility index (Phi) is 2.89. The van der Waals surface area contributed by atoms with E-state index in [4.69, 9.17) is 4.74 Å². The van der Waals surface area contributed by atoms with Crippen LogP contribution < -0.4 is 10.6 Å². The Balaban J connectivity index is 1.96. The summed E-state index contributed by atoms with van der Waals surface area (Å²) in [6.07, 6.45) is 3.00. The first-order valence-corrected chi connectivity index (χ1v) is 6.48. The van der Waals surface area contributed by atoms with Crippen molar-refractivity contribution in [3.63, 3.8) is 0 Å². The SMILES string of the molecule is CC(C)(C)OC(=O)NC1(C2(C)CCNC2)CC1. The maximum absolute atomic E-state index is 11.9. The van der Waals surface area contributed by atoms with Crippen LogP contribution in [0.15, 0.2) is 0 Å². The van der Waals surface area contributed by atoms with Gasteiger partial charge in [-0.25, -0.2) is 4.79 Å². The van der Waals surface area contributed by atoms with Gasteiger partial charge in [-0.1, -0.05) is 6.92 Å². The van der Waals surface area contributed by atoms with E-state index < -0.39 is 5.60 Å². The van der Waals surface area contributed by atoms with E-state index >= 15 is 0 Å². The molecule has 0 aromatic carbocycles. The van der Waals surface area contributed by atoms with Crippen molar-refractivity contribution in [2.45, 2.75) is 58.1 Å². The molecule has 98 valence electrons. The van der Waals surface area contributed by atoms with E-state index in [1.165, 1.54) is 0 Å². The summed E-state index contributed by atoms with van der Waals surface area (Å²) >= 11 is 0. The molecule has 0 radical (unpaired) electrons. The minimum Gasteiger partial charge on any atom is -0.444 e. The molecule has 2 aliphatic rings. The van der Waals surface area contributed by atoms with E-state index in [1.54, 1.807) is 0 Å². The van der Waals surface area contributed by atoms with Gasteiger partial charge < -0.3 is 15.4 Å². The Hall–Kier alpha value is -0.770. The summed E-state index contributed by atoms with van der Waals surface area (Å²) < 4.78 is 5.35. The van der Waals surface area contributed by atoms with Gasteiger partial charge in [0.25, 0.3) is 0 Å². The minimum atomic E-state index is -0.422. The number of nitrogens with one attached hydrogen (secondary N) is 2. The normalized spacial score (nSPS) is 31.1. The standard InChI is InChI=1S/C13H24N2O2/c1-11(2,3)17-10(16)15-13(5-6-13)12(4)7-8-14-9-12/h14H,5-9H2,1-4H3,(H,15,16). The lowest BCUT2D eigenvalue weighted by Gasteiger charge is -2.35. The average Bonchev–Trinajstić information content (AvgIpc) is 2.78. The highest BCUT2D eigenvalue weighted by Crippen LogP contribution is 2.52. The number of carbonyl (C=O) groups excluding carboxylic acids is 1. The molecule has 1 saturated carbocycles. The van der Waals surface area contributed by atoms with Crippen molar-refractivity contribution >= 4 is 6.09 Å². The molecule has 17 heavy (non-hydrogen) atoms. The first-order valence-electron chi connectivity index (χ1n) is 6.48. The Bertz CT molecular complexity index is 310. The average molecular weight is 240 g/mol. The van der Waals surface area contributed by atoms with Crippen molar-refractivity contribution in [1.29, 1.82) is 0 Å². The van der Waals surface area contributed by atoms with Crippen molar-refractivity contribution in [3.05, 3.63) is 0 Å². The lowest BCUT2D eigenvalue weighted by atomic mass is 9.79. The lowest BCUT2D eigenvalue weighted by molar-refractivity contribution is 0.0438. The predicted molar refractivity (Wildman–Crippen MR) is 66.9 cm³/mol. The van der Waals surface area contributed by atoms with Crippen molar-refractivity contribution in [2.75, 3.05) is 13.1 Å². The highest BCUT2D eigenvalue weighted by molar-refractivity contribution is 5.69. The maximum Gasteiger partial charge on any atom is 0.408 e. The summed E-state index contributed by atoms with van der Waals surface area (Å²) in [5.41, 5.74) is -0.266. The zero-order valence-electron chi connectivity index (χ0n) is 11.4. The van der Waals surface area contributed by atoms with Crippen LogP contribution in [-0.4, -0.2) is 30.3 Å². The van der Waals surface area contributed by atoms with E-state index in [-0.39, 0.29) is 17.0 Å². The van der Waals surface area contributed by atoms with Crippen LogP contribution in [0.25, 0.3) is 0 Å². The molecule has 4 nitrogen and oxygen atoms in total. The molecular formula is C13H24N2O2. The molecule has 0 aromatic heterocycles. The van der Waals surface area contributed by atoms with Gasteiger partial charge in [0.15, 0.2) is 0 Å². The highest BCUT2D eigenvalue weighted by atomic mass is 16.6. The van der Waals surface area contributed by atoms with Crippen LogP contribution >= 0.6 is 0 Å². The molecule has 1 unspecified atom stereocenters. The molecule has 1 heterocycles. The molecule has 4 heteroatoms. The molecule has 1 aliphatic carbocycles. The van der Waals surface area contributed by atoms with Crippen LogP contribution in [0.5, 0.6) is 0 Å². The van der Waals surface area contributed by atoms with Gasteiger partial charge in [0.2, 0.25) is 0 Å². The molecule has 1 saturated heterocycles. The maximum atomic E-state index is 11.9. The predicted octanol–water partition coefficient (Wildman–Crippen LogP) is 2.04. The molecular weight excluding hydrogens is 216 g/mol. The minimum absolute atomic E-state index is 0.0289. The second-order valence-electron chi connectivity index (χ2n) is 6.70. The van der Waals surface area contributed by atoms with Crippen LogP contribution in [0.3, 0.4) is 0 Å². The summed E-state index contributed by atoms with van der Waals surface area (Å²) in [6, 6.07) is 0.